The first-order valence-electron chi connectivity index (χ1n) is 10.7. The number of carbonyl (C=O) groups is 2. The quantitative estimate of drug-likeness (QED) is 0.254. The Labute approximate surface area is 216 Å². The molecule has 0 bridgehead atoms. The third-order valence-electron chi connectivity index (χ3n) is 4.61. The van der Waals surface area contributed by atoms with Gasteiger partial charge in [-0.1, -0.05) is 32.8 Å². The van der Waals surface area contributed by atoms with Gasteiger partial charge in [0.1, 0.15) is 0 Å². The van der Waals surface area contributed by atoms with E-state index >= 15 is 0 Å². The van der Waals surface area contributed by atoms with Gasteiger partial charge < -0.3 is 25.8 Å². The van der Waals surface area contributed by atoms with E-state index in [-0.39, 0.29) is 37.2 Å². The van der Waals surface area contributed by atoms with E-state index in [1.165, 1.54) is 0 Å². The lowest BCUT2D eigenvalue weighted by Gasteiger charge is -2.34. The molecule has 0 aliphatic heterocycles. The van der Waals surface area contributed by atoms with E-state index in [1.54, 1.807) is 31.1 Å². The number of hydrogen-bond acceptors (Lipinski definition) is 7. The number of nitrogens with zero attached hydrogens (tertiary/aromatic N) is 2. The van der Waals surface area contributed by atoms with Gasteiger partial charge in [0, 0.05) is 38.1 Å². The monoisotopic (exact) mass is 531 g/mol. The van der Waals surface area contributed by atoms with Crippen molar-refractivity contribution in [2.75, 3.05) is 19.6 Å². The van der Waals surface area contributed by atoms with Crippen LogP contribution in [0.25, 0.3) is 0 Å². The highest BCUT2D eigenvalue weighted by atomic mass is 35.5. The van der Waals surface area contributed by atoms with Crippen molar-refractivity contribution in [3.8, 4) is 0 Å². The number of halogens is 3. The van der Waals surface area contributed by atoms with Gasteiger partial charge in [-0.25, -0.2) is 14.5 Å². The second-order valence-corrected chi connectivity index (χ2v) is 7.16. The van der Waals surface area contributed by atoms with Crippen LogP contribution >= 0.6 is 37.2 Å². The van der Waals surface area contributed by atoms with Gasteiger partial charge >= 0.3 is 12.2 Å². The number of alkyl carbamates (subject to hydrolysis) is 2. The molecule has 0 fully saturated rings. The number of ether oxygens (including phenoxy) is 2. The number of unbranched alkanes of at least 4 members (excludes halogenated alkanes) is 2. The Morgan fingerprint density at radius 3 is 1.88 bits per heavy atom. The van der Waals surface area contributed by atoms with Crippen LogP contribution in [0, 0.1) is 0 Å². The van der Waals surface area contributed by atoms with Crippen molar-refractivity contribution in [2.24, 2.45) is 5.73 Å². The van der Waals surface area contributed by atoms with E-state index in [0.717, 1.165) is 31.2 Å². The Kier molecular flexibility index (Phi) is 23.0. The van der Waals surface area contributed by atoms with Gasteiger partial charge in [-0.3, -0.25) is 4.98 Å². The van der Waals surface area contributed by atoms with E-state index in [1.807, 2.05) is 26.0 Å². The Hall–Kier alpha value is -1.52. The number of amides is 2. The van der Waals surface area contributed by atoms with Gasteiger partial charge in [-0.05, 0) is 38.3 Å². The highest BCUT2D eigenvalue weighted by molar-refractivity contribution is 5.86. The van der Waals surface area contributed by atoms with E-state index in [0.29, 0.717) is 19.6 Å². The highest BCUT2D eigenvalue weighted by Gasteiger charge is 2.28. The molecule has 0 saturated carbocycles. The maximum atomic E-state index is 12.1. The molecule has 0 saturated heterocycles. The van der Waals surface area contributed by atoms with Crippen molar-refractivity contribution in [3.63, 3.8) is 0 Å². The van der Waals surface area contributed by atoms with Gasteiger partial charge in [-0.15, -0.1) is 37.2 Å². The normalized spacial score (nSPS) is 12.7. The summed E-state index contributed by atoms with van der Waals surface area (Å²) >= 11 is 0. The minimum atomic E-state index is -0.659. The maximum absolute atomic E-state index is 12.1. The summed E-state index contributed by atoms with van der Waals surface area (Å²) in [6.45, 7) is 8.93. The Balaban J connectivity index is -0.00000300. The molecule has 0 aromatic carbocycles. The van der Waals surface area contributed by atoms with Gasteiger partial charge in [0.05, 0.1) is 0 Å². The number of pyridine rings is 1. The lowest BCUT2D eigenvalue weighted by Crippen LogP contribution is -2.49. The van der Waals surface area contributed by atoms with Crippen LogP contribution in [0.15, 0.2) is 24.5 Å². The van der Waals surface area contributed by atoms with Crippen molar-refractivity contribution in [1.29, 1.82) is 0 Å². The Bertz CT molecular complexity index is 601. The van der Waals surface area contributed by atoms with E-state index in [4.69, 9.17) is 15.2 Å². The molecule has 9 nitrogen and oxygen atoms in total. The zero-order valence-electron chi connectivity index (χ0n) is 19.8. The number of nitrogens with one attached hydrogen (secondary N) is 2. The fourth-order valence-corrected chi connectivity index (χ4v) is 2.78. The molecule has 33 heavy (non-hydrogen) atoms. The molecule has 0 aliphatic rings. The Morgan fingerprint density at radius 2 is 1.48 bits per heavy atom. The van der Waals surface area contributed by atoms with E-state index in [2.05, 4.69) is 15.6 Å². The summed E-state index contributed by atoms with van der Waals surface area (Å²) in [4.78, 5) is 30.0. The maximum Gasteiger partial charge on any atom is 0.408 e. The molecule has 3 unspecified atom stereocenters. The standard InChI is InChI=1S/C21H37N5O4.3ClH/c1-5-7-12-24-20(27)29-16(3)26(15-19(22)18-10-9-11-23-14-18)17(4)30-21(28)25-13-8-6-2;;;/h9-11,14,16-17,19H,5-8,12-13,15,22H2,1-4H3,(H,24,27)(H,25,28);3*1H. The smallest absolute Gasteiger partial charge is 0.408 e. The van der Waals surface area contributed by atoms with Gasteiger partial charge in [0.2, 0.25) is 0 Å². The number of hydrogen-bond donors (Lipinski definition) is 3. The van der Waals surface area contributed by atoms with Crippen molar-refractivity contribution >= 4 is 49.4 Å². The lowest BCUT2D eigenvalue weighted by molar-refractivity contribution is -0.0940. The number of aromatic nitrogens is 1. The zero-order chi connectivity index (χ0) is 22.4. The van der Waals surface area contributed by atoms with Crippen LogP contribution in [0.3, 0.4) is 0 Å². The molecule has 1 aromatic rings. The van der Waals surface area contributed by atoms with Crippen molar-refractivity contribution < 1.29 is 19.1 Å². The molecule has 4 N–H and O–H groups in total. The summed E-state index contributed by atoms with van der Waals surface area (Å²) in [7, 11) is 0. The summed E-state index contributed by atoms with van der Waals surface area (Å²) in [5.41, 5.74) is 7.17. The summed E-state index contributed by atoms with van der Waals surface area (Å²) in [5, 5.41) is 5.44. The van der Waals surface area contributed by atoms with E-state index < -0.39 is 30.7 Å². The van der Waals surface area contributed by atoms with Crippen LogP contribution in [0.1, 0.15) is 65.0 Å². The minimum Gasteiger partial charge on any atom is -0.430 e. The van der Waals surface area contributed by atoms with Crippen LogP contribution in [-0.2, 0) is 9.47 Å². The second-order valence-electron chi connectivity index (χ2n) is 7.16. The second kappa shape index (κ2) is 21.0. The van der Waals surface area contributed by atoms with Crippen molar-refractivity contribution in [1.82, 2.24) is 20.5 Å². The largest absolute Gasteiger partial charge is 0.430 e. The molecule has 1 heterocycles. The van der Waals surface area contributed by atoms with Crippen LogP contribution in [0.4, 0.5) is 9.59 Å². The molecular formula is C21H40Cl3N5O4. The van der Waals surface area contributed by atoms with Crippen molar-refractivity contribution in [2.45, 2.75) is 71.9 Å². The fraction of sp³-hybridized carbons (Fsp3) is 0.667. The molecule has 1 aromatic heterocycles. The molecule has 3 atom stereocenters. The third-order valence-corrected chi connectivity index (χ3v) is 4.61. The molecule has 0 radical (unpaired) electrons. The van der Waals surface area contributed by atoms with Crippen LogP contribution in [0.2, 0.25) is 0 Å². The molecular weight excluding hydrogens is 493 g/mol. The Morgan fingerprint density at radius 1 is 1.00 bits per heavy atom. The average molecular weight is 533 g/mol. The number of nitrogens with two attached hydrogens (primary N) is 1. The number of carbonyl (C=O) groups excluding carboxylic acids is 2. The molecule has 1 rings (SSSR count). The van der Waals surface area contributed by atoms with Crippen molar-refractivity contribution in [3.05, 3.63) is 30.1 Å². The SMILES string of the molecule is CCCCNC(=O)OC(C)N(CC(N)c1cccnc1)C(C)OC(=O)NCCCC.Cl.Cl.Cl. The van der Waals surface area contributed by atoms with Crippen LogP contribution in [-0.4, -0.2) is 54.2 Å². The molecule has 0 aliphatic carbocycles. The van der Waals surface area contributed by atoms with Gasteiger partial charge in [0.25, 0.3) is 0 Å². The van der Waals surface area contributed by atoms with Crippen LogP contribution in [0.5, 0.6) is 0 Å². The first kappa shape index (κ1) is 36.1. The summed E-state index contributed by atoms with van der Waals surface area (Å²) in [6.07, 6.45) is 4.70. The molecule has 0 spiro atoms. The molecule has 12 heteroatoms. The third kappa shape index (κ3) is 15.1. The predicted molar refractivity (Wildman–Crippen MR) is 137 cm³/mol. The average Bonchev–Trinajstić information content (AvgIpc) is 2.72. The summed E-state index contributed by atoms with van der Waals surface area (Å²) < 4.78 is 11.0. The van der Waals surface area contributed by atoms with Gasteiger partial charge in [0.15, 0.2) is 12.5 Å². The first-order chi connectivity index (χ1) is 14.4. The summed E-state index contributed by atoms with van der Waals surface area (Å²) in [5.74, 6) is 0. The predicted octanol–water partition coefficient (Wildman–Crippen LogP) is 4.39. The lowest BCUT2D eigenvalue weighted by atomic mass is 10.1. The summed E-state index contributed by atoms with van der Waals surface area (Å²) in [6, 6.07) is 3.28. The first-order valence-corrected chi connectivity index (χ1v) is 10.7. The fourth-order valence-electron chi connectivity index (χ4n) is 2.78. The highest BCUT2D eigenvalue weighted by Crippen LogP contribution is 2.16. The molecule has 2 amide bonds. The van der Waals surface area contributed by atoms with Crippen LogP contribution < -0.4 is 16.4 Å². The van der Waals surface area contributed by atoms with E-state index in [9.17, 15) is 9.59 Å². The zero-order valence-corrected chi connectivity index (χ0v) is 22.3. The topological polar surface area (TPSA) is 119 Å². The minimum absolute atomic E-state index is 0. The number of rotatable bonds is 13. The molecule has 194 valence electrons. The van der Waals surface area contributed by atoms with Gasteiger partial charge in [-0.2, -0.15) is 0 Å².